The highest BCUT2D eigenvalue weighted by atomic mass is 32.2. The predicted octanol–water partition coefficient (Wildman–Crippen LogP) is 3.54. The molecule has 0 saturated heterocycles. The summed E-state index contributed by atoms with van der Waals surface area (Å²) >= 11 is 1.54. The summed E-state index contributed by atoms with van der Waals surface area (Å²) in [6.07, 6.45) is 0.913. The number of thioether (sulfide) groups is 1. The van der Waals surface area contributed by atoms with E-state index in [9.17, 15) is 4.39 Å². The smallest absolute Gasteiger partial charge is 0.136 e. The van der Waals surface area contributed by atoms with Crippen LogP contribution < -0.4 is 5.73 Å². The zero-order valence-corrected chi connectivity index (χ0v) is 10.7. The molecule has 0 spiro atoms. The number of rotatable bonds is 2. The lowest BCUT2D eigenvalue weighted by molar-refractivity contribution is 0.600. The standard InChI is InChI=1S/C15H14FNS/c16-12-7-3-4-8-13(12)18-14-9-10-5-1-2-6-11(10)15(14)17/h1-8,14-15H,9,17H2. The third-order valence-corrected chi connectivity index (χ3v) is 4.70. The minimum absolute atomic E-state index is 0.00851. The van der Waals surface area contributed by atoms with Gasteiger partial charge in [-0.2, -0.15) is 0 Å². The van der Waals surface area contributed by atoms with Gasteiger partial charge in [0.05, 0.1) is 0 Å². The fourth-order valence-electron chi connectivity index (χ4n) is 2.41. The number of fused-ring (bicyclic) bond motifs is 1. The van der Waals surface area contributed by atoms with Crippen LogP contribution in [-0.4, -0.2) is 5.25 Å². The monoisotopic (exact) mass is 259 g/mol. The molecular weight excluding hydrogens is 245 g/mol. The second-order valence-electron chi connectivity index (χ2n) is 4.52. The van der Waals surface area contributed by atoms with Gasteiger partial charge < -0.3 is 5.73 Å². The van der Waals surface area contributed by atoms with Gasteiger partial charge in [-0.05, 0) is 29.7 Å². The first-order chi connectivity index (χ1) is 8.75. The highest BCUT2D eigenvalue weighted by Gasteiger charge is 2.30. The van der Waals surface area contributed by atoms with Gasteiger partial charge >= 0.3 is 0 Å². The first-order valence-corrected chi connectivity index (χ1v) is 6.88. The van der Waals surface area contributed by atoms with Crippen molar-refractivity contribution in [2.24, 2.45) is 5.73 Å². The summed E-state index contributed by atoms with van der Waals surface area (Å²) < 4.78 is 13.6. The van der Waals surface area contributed by atoms with Crippen LogP contribution in [0.1, 0.15) is 17.2 Å². The van der Waals surface area contributed by atoms with Crippen molar-refractivity contribution in [3.05, 3.63) is 65.5 Å². The van der Waals surface area contributed by atoms with Crippen molar-refractivity contribution < 1.29 is 4.39 Å². The summed E-state index contributed by atoms with van der Waals surface area (Å²) in [4.78, 5) is 0.686. The summed E-state index contributed by atoms with van der Waals surface area (Å²) in [5, 5.41) is 0.222. The van der Waals surface area contributed by atoms with Crippen molar-refractivity contribution in [1.29, 1.82) is 0 Å². The Hall–Kier alpha value is -1.32. The molecule has 0 aromatic heterocycles. The Balaban J connectivity index is 1.83. The van der Waals surface area contributed by atoms with Crippen LogP contribution in [0.25, 0.3) is 0 Å². The fraction of sp³-hybridized carbons (Fsp3) is 0.200. The van der Waals surface area contributed by atoms with E-state index in [0.717, 1.165) is 6.42 Å². The molecule has 0 aliphatic heterocycles. The molecule has 0 saturated carbocycles. The van der Waals surface area contributed by atoms with Crippen LogP contribution in [-0.2, 0) is 6.42 Å². The van der Waals surface area contributed by atoms with E-state index < -0.39 is 0 Å². The van der Waals surface area contributed by atoms with Gasteiger partial charge in [0, 0.05) is 16.2 Å². The van der Waals surface area contributed by atoms with Crippen molar-refractivity contribution >= 4 is 11.8 Å². The van der Waals surface area contributed by atoms with E-state index in [-0.39, 0.29) is 17.1 Å². The SMILES string of the molecule is NC1c2ccccc2CC1Sc1ccccc1F. The van der Waals surface area contributed by atoms with E-state index in [1.165, 1.54) is 17.2 Å². The van der Waals surface area contributed by atoms with E-state index in [2.05, 4.69) is 12.1 Å². The lowest BCUT2D eigenvalue weighted by Gasteiger charge is -2.15. The first kappa shape index (κ1) is 11.8. The van der Waals surface area contributed by atoms with E-state index in [1.54, 1.807) is 17.8 Å². The maximum absolute atomic E-state index is 13.6. The summed E-state index contributed by atoms with van der Waals surface area (Å²) in [5.41, 5.74) is 8.74. The highest BCUT2D eigenvalue weighted by molar-refractivity contribution is 8.00. The first-order valence-electron chi connectivity index (χ1n) is 6.00. The van der Waals surface area contributed by atoms with Crippen molar-refractivity contribution in [3.8, 4) is 0 Å². The Morgan fingerprint density at radius 2 is 1.78 bits per heavy atom. The van der Waals surface area contributed by atoms with Gasteiger partial charge in [0.25, 0.3) is 0 Å². The topological polar surface area (TPSA) is 26.0 Å². The Kier molecular flexibility index (Phi) is 3.10. The molecule has 0 bridgehead atoms. The molecule has 18 heavy (non-hydrogen) atoms. The van der Waals surface area contributed by atoms with Crippen LogP contribution in [0.15, 0.2) is 53.4 Å². The molecule has 1 aliphatic rings. The number of nitrogens with two attached hydrogens (primary N) is 1. The molecule has 1 nitrogen and oxygen atoms in total. The molecule has 2 N–H and O–H groups in total. The number of benzene rings is 2. The second kappa shape index (κ2) is 4.75. The highest BCUT2D eigenvalue weighted by Crippen LogP contribution is 2.40. The van der Waals surface area contributed by atoms with Gasteiger partial charge in [0.1, 0.15) is 5.82 Å². The van der Waals surface area contributed by atoms with E-state index in [4.69, 9.17) is 5.73 Å². The Bertz CT molecular complexity index is 570. The van der Waals surface area contributed by atoms with E-state index in [0.29, 0.717) is 4.90 Å². The molecule has 0 radical (unpaired) electrons. The molecule has 2 aromatic rings. The van der Waals surface area contributed by atoms with Crippen LogP contribution in [0.2, 0.25) is 0 Å². The molecule has 92 valence electrons. The average molecular weight is 259 g/mol. The Morgan fingerprint density at radius 3 is 2.56 bits per heavy atom. The maximum atomic E-state index is 13.6. The van der Waals surface area contributed by atoms with E-state index in [1.807, 2.05) is 24.3 Å². The minimum Gasteiger partial charge on any atom is -0.323 e. The molecule has 0 heterocycles. The summed E-state index contributed by atoms with van der Waals surface area (Å²) in [7, 11) is 0. The quantitative estimate of drug-likeness (QED) is 0.892. The van der Waals surface area contributed by atoms with Crippen LogP contribution in [0, 0.1) is 5.82 Å². The Morgan fingerprint density at radius 1 is 1.06 bits per heavy atom. The lowest BCUT2D eigenvalue weighted by Crippen LogP contribution is -2.18. The molecule has 2 unspecified atom stereocenters. The molecule has 0 amide bonds. The summed E-state index contributed by atoms with van der Waals surface area (Å²) in [5.74, 6) is -0.161. The lowest BCUT2D eigenvalue weighted by atomic mass is 10.1. The molecule has 1 aliphatic carbocycles. The average Bonchev–Trinajstić information content (AvgIpc) is 2.70. The predicted molar refractivity (Wildman–Crippen MR) is 73.1 cm³/mol. The maximum Gasteiger partial charge on any atom is 0.136 e. The summed E-state index contributed by atoms with van der Waals surface area (Å²) in [6, 6.07) is 15.1. The van der Waals surface area contributed by atoms with Crippen LogP contribution >= 0.6 is 11.8 Å². The number of halogens is 1. The zero-order valence-electron chi connectivity index (χ0n) is 9.84. The largest absolute Gasteiger partial charge is 0.323 e. The summed E-state index contributed by atoms with van der Waals surface area (Å²) in [6.45, 7) is 0. The van der Waals surface area contributed by atoms with Gasteiger partial charge in [0.2, 0.25) is 0 Å². The van der Waals surface area contributed by atoms with Crippen LogP contribution in [0.5, 0.6) is 0 Å². The van der Waals surface area contributed by atoms with Gasteiger partial charge in [0.15, 0.2) is 0 Å². The third kappa shape index (κ3) is 2.04. The Labute approximate surface area is 110 Å². The van der Waals surface area contributed by atoms with Gasteiger partial charge in [-0.1, -0.05) is 36.4 Å². The van der Waals surface area contributed by atoms with Crippen molar-refractivity contribution in [2.45, 2.75) is 22.6 Å². The molecule has 3 heteroatoms. The molecule has 3 rings (SSSR count). The zero-order chi connectivity index (χ0) is 12.5. The second-order valence-corrected chi connectivity index (χ2v) is 5.80. The van der Waals surface area contributed by atoms with Gasteiger partial charge in [-0.25, -0.2) is 4.39 Å². The van der Waals surface area contributed by atoms with Crippen LogP contribution in [0.3, 0.4) is 0 Å². The van der Waals surface area contributed by atoms with Crippen LogP contribution in [0.4, 0.5) is 4.39 Å². The number of hydrogen-bond acceptors (Lipinski definition) is 2. The molecule has 2 atom stereocenters. The third-order valence-electron chi connectivity index (χ3n) is 3.35. The molecule has 2 aromatic carbocycles. The number of hydrogen-bond donors (Lipinski definition) is 1. The van der Waals surface area contributed by atoms with E-state index >= 15 is 0 Å². The fourth-order valence-corrected chi connectivity index (χ4v) is 3.63. The molecule has 0 fully saturated rings. The van der Waals surface area contributed by atoms with Gasteiger partial charge in [-0.15, -0.1) is 11.8 Å². The minimum atomic E-state index is -0.161. The van der Waals surface area contributed by atoms with Crippen molar-refractivity contribution in [2.75, 3.05) is 0 Å². The van der Waals surface area contributed by atoms with Crippen molar-refractivity contribution in [3.63, 3.8) is 0 Å². The van der Waals surface area contributed by atoms with Gasteiger partial charge in [-0.3, -0.25) is 0 Å². The molecular formula is C15H14FNS. The van der Waals surface area contributed by atoms with Crippen molar-refractivity contribution in [1.82, 2.24) is 0 Å². The normalized spacial score (nSPS) is 21.9.